The molecule has 1 unspecified atom stereocenters. The Morgan fingerprint density at radius 1 is 1.29 bits per heavy atom. The van der Waals surface area contributed by atoms with E-state index in [1.165, 1.54) is 38.9 Å². The number of piperidine rings is 1. The fraction of sp³-hybridized carbons (Fsp3) is 1.00. The van der Waals surface area contributed by atoms with E-state index in [4.69, 9.17) is 4.74 Å². The number of likely N-dealkylation sites (tertiary alicyclic amines) is 1. The Hall–Kier alpha value is -0.120. The highest BCUT2D eigenvalue weighted by molar-refractivity contribution is 4.79. The average molecular weight is 198 g/mol. The third-order valence-electron chi connectivity index (χ3n) is 3.38. The molecule has 0 radical (unpaired) electrons. The van der Waals surface area contributed by atoms with E-state index < -0.39 is 0 Å². The summed E-state index contributed by atoms with van der Waals surface area (Å²) in [5, 5.41) is 3.42. The van der Waals surface area contributed by atoms with Crippen molar-refractivity contribution in [2.45, 2.75) is 38.3 Å². The summed E-state index contributed by atoms with van der Waals surface area (Å²) in [6.45, 7) is 7.81. The van der Waals surface area contributed by atoms with E-state index in [0.29, 0.717) is 0 Å². The Bertz CT molecular complexity index is 172. The van der Waals surface area contributed by atoms with Gasteiger partial charge in [0, 0.05) is 19.5 Å². The van der Waals surface area contributed by atoms with Crippen molar-refractivity contribution >= 4 is 0 Å². The van der Waals surface area contributed by atoms with Crippen LogP contribution in [0.4, 0.5) is 0 Å². The van der Waals surface area contributed by atoms with E-state index in [-0.39, 0.29) is 5.72 Å². The Balaban J connectivity index is 1.70. The average Bonchev–Trinajstić information content (AvgIpc) is 2.65. The summed E-state index contributed by atoms with van der Waals surface area (Å²) in [5.74, 6) is 0. The summed E-state index contributed by atoms with van der Waals surface area (Å²) < 4.78 is 5.69. The molecule has 0 aromatic heterocycles. The second kappa shape index (κ2) is 4.60. The monoisotopic (exact) mass is 198 g/mol. The van der Waals surface area contributed by atoms with Gasteiger partial charge in [0.1, 0.15) is 5.72 Å². The van der Waals surface area contributed by atoms with Crippen molar-refractivity contribution in [2.75, 3.05) is 32.8 Å². The third-order valence-corrected chi connectivity index (χ3v) is 3.38. The highest BCUT2D eigenvalue weighted by Crippen LogP contribution is 2.18. The van der Waals surface area contributed by atoms with Crippen LogP contribution >= 0.6 is 0 Å². The normalized spacial score (nSPS) is 34.9. The molecule has 2 rings (SSSR count). The minimum Gasteiger partial charge on any atom is -0.360 e. The van der Waals surface area contributed by atoms with Crippen molar-refractivity contribution in [3.05, 3.63) is 0 Å². The highest BCUT2D eigenvalue weighted by atomic mass is 16.5. The molecule has 2 saturated heterocycles. The van der Waals surface area contributed by atoms with Gasteiger partial charge in [-0.2, -0.15) is 0 Å². The van der Waals surface area contributed by atoms with Gasteiger partial charge in [-0.1, -0.05) is 6.42 Å². The number of nitrogens with zero attached hydrogens (tertiary/aromatic N) is 1. The summed E-state index contributed by atoms with van der Waals surface area (Å²) in [4.78, 5) is 2.57. The lowest BCUT2D eigenvalue weighted by atomic mass is 10.1. The molecule has 3 heteroatoms. The van der Waals surface area contributed by atoms with E-state index in [1.807, 2.05) is 0 Å². The lowest BCUT2D eigenvalue weighted by molar-refractivity contribution is -0.00890. The van der Waals surface area contributed by atoms with Crippen LogP contribution in [0.15, 0.2) is 0 Å². The van der Waals surface area contributed by atoms with Gasteiger partial charge >= 0.3 is 0 Å². The third kappa shape index (κ3) is 2.69. The topological polar surface area (TPSA) is 24.5 Å². The summed E-state index contributed by atoms with van der Waals surface area (Å²) in [5.41, 5.74) is -0.0442. The molecule has 0 bridgehead atoms. The molecule has 0 saturated carbocycles. The molecule has 0 aromatic carbocycles. The zero-order chi connectivity index (χ0) is 9.86. The Morgan fingerprint density at radius 2 is 2.07 bits per heavy atom. The number of nitrogens with one attached hydrogen (secondary N) is 1. The lowest BCUT2D eigenvalue weighted by Crippen LogP contribution is -2.42. The zero-order valence-electron chi connectivity index (χ0n) is 9.22. The van der Waals surface area contributed by atoms with Gasteiger partial charge in [0.05, 0.1) is 6.61 Å². The number of ether oxygens (including phenoxy) is 1. The second-order valence-corrected chi connectivity index (χ2v) is 4.66. The molecule has 0 aliphatic carbocycles. The molecule has 2 fully saturated rings. The molecule has 82 valence electrons. The minimum atomic E-state index is -0.0442. The maximum atomic E-state index is 5.69. The fourth-order valence-electron chi connectivity index (χ4n) is 2.36. The molecule has 0 aromatic rings. The molecule has 2 heterocycles. The van der Waals surface area contributed by atoms with E-state index in [0.717, 1.165) is 19.6 Å². The fourth-order valence-corrected chi connectivity index (χ4v) is 2.36. The van der Waals surface area contributed by atoms with Gasteiger partial charge in [-0.25, -0.2) is 0 Å². The van der Waals surface area contributed by atoms with E-state index in [2.05, 4.69) is 17.1 Å². The predicted octanol–water partition coefficient (Wildman–Crippen LogP) is 1.20. The van der Waals surface area contributed by atoms with Crippen LogP contribution in [-0.2, 0) is 4.74 Å². The number of hydrogen-bond acceptors (Lipinski definition) is 3. The summed E-state index contributed by atoms with van der Waals surface area (Å²) in [6, 6.07) is 0. The maximum Gasteiger partial charge on any atom is 0.117 e. The minimum absolute atomic E-state index is 0.0442. The van der Waals surface area contributed by atoms with Crippen LogP contribution in [0.5, 0.6) is 0 Å². The lowest BCUT2D eigenvalue weighted by Gasteiger charge is -2.30. The van der Waals surface area contributed by atoms with Gasteiger partial charge in [0.15, 0.2) is 0 Å². The van der Waals surface area contributed by atoms with Crippen LogP contribution in [0.2, 0.25) is 0 Å². The van der Waals surface area contributed by atoms with Gasteiger partial charge in [-0.15, -0.1) is 0 Å². The number of rotatable bonds is 3. The van der Waals surface area contributed by atoms with Crippen molar-refractivity contribution in [1.29, 1.82) is 0 Å². The van der Waals surface area contributed by atoms with Gasteiger partial charge in [0.2, 0.25) is 0 Å². The molecular formula is C11H22N2O. The quantitative estimate of drug-likeness (QED) is 0.737. The Kier molecular flexibility index (Phi) is 3.42. The van der Waals surface area contributed by atoms with Crippen LogP contribution in [0.1, 0.15) is 32.6 Å². The number of hydrogen-bond donors (Lipinski definition) is 1. The van der Waals surface area contributed by atoms with Crippen LogP contribution in [-0.4, -0.2) is 43.4 Å². The largest absolute Gasteiger partial charge is 0.360 e. The smallest absolute Gasteiger partial charge is 0.117 e. The van der Waals surface area contributed by atoms with Crippen LogP contribution in [0, 0.1) is 0 Å². The molecular weight excluding hydrogens is 176 g/mol. The standard InChI is InChI=1S/C11H22N2O/c1-11(12-6-10-14-11)5-9-13-7-3-2-4-8-13/h12H,2-10H2,1H3. The van der Waals surface area contributed by atoms with Crippen LogP contribution < -0.4 is 5.32 Å². The molecule has 2 aliphatic rings. The molecule has 0 spiro atoms. The van der Waals surface area contributed by atoms with E-state index in [9.17, 15) is 0 Å². The Labute approximate surface area is 86.8 Å². The molecule has 14 heavy (non-hydrogen) atoms. The summed E-state index contributed by atoms with van der Waals surface area (Å²) >= 11 is 0. The zero-order valence-corrected chi connectivity index (χ0v) is 9.22. The van der Waals surface area contributed by atoms with Crippen molar-refractivity contribution in [3.8, 4) is 0 Å². The summed E-state index contributed by atoms with van der Waals surface area (Å²) in [7, 11) is 0. The maximum absolute atomic E-state index is 5.69. The summed E-state index contributed by atoms with van der Waals surface area (Å²) in [6.07, 6.45) is 5.30. The second-order valence-electron chi connectivity index (χ2n) is 4.66. The first-order chi connectivity index (χ1) is 6.79. The first kappa shape index (κ1) is 10.4. The van der Waals surface area contributed by atoms with Crippen molar-refractivity contribution < 1.29 is 4.74 Å². The predicted molar refractivity (Wildman–Crippen MR) is 57.3 cm³/mol. The van der Waals surface area contributed by atoms with Crippen molar-refractivity contribution in [2.24, 2.45) is 0 Å². The molecule has 1 N–H and O–H groups in total. The first-order valence-corrected chi connectivity index (χ1v) is 5.90. The highest BCUT2D eigenvalue weighted by Gasteiger charge is 2.29. The first-order valence-electron chi connectivity index (χ1n) is 5.90. The van der Waals surface area contributed by atoms with Crippen molar-refractivity contribution in [1.82, 2.24) is 10.2 Å². The molecule has 1 atom stereocenters. The van der Waals surface area contributed by atoms with Gasteiger partial charge in [-0.05, 0) is 32.9 Å². The Morgan fingerprint density at radius 3 is 2.71 bits per heavy atom. The van der Waals surface area contributed by atoms with Crippen LogP contribution in [0.3, 0.4) is 0 Å². The van der Waals surface area contributed by atoms with Crippen molar-refractivity contribution in [3.63, 3.8) is 0 Å². The van der Waals surface area contributed by atoms with E-state index in [1.54, 1.807) is 0 Å². The van der Waals surface area contributed by atoms with Crippen LogP contribution in [0.25, 0.3) is 0 Å². The molecule has 0 amide bonds. The molecule has 2 aliphatic heterocycles. The van der Waals surface area contributed by atoms with Gasteiger partial charge in [0.25, 0.3) is 0 Å². The van der Waals surface area contributed by atoms with E-state index >= 15 is 0 Å². The SMILES string of the molecule is CC1(CCN2CCCCC2)NCCO1. The van der Waals surface area contributed by atoms with Gasteiger partial charge < -0.3 is 9.64 Å². The molecule has 3 nitrogen and oxygen atoms in total. The van der Waals surface area contributed by atoms with Gasteiger partial charge in [-0.3, -0.25) is 5.32 Å².